The molecular formula is C12H13ClN2O2. The normalized spacial score (nSPS) is 12.4. The molecule has 0 saturated carbocycles. The van der Waals surface area contributed by atoms with Crippen molar-refractivity contribution >= 4 is 11.6 Å². The van der Waals surface area contributed by atoms with Crippen molar-refractivity contribution in [2.75, 3.05) is 0 Å². The molecule has 0 aliphatic rings. The van der Waals surface area contributed by atoms with Gasteiger partial charge in [-0.15, -0.1) is 0 Å². The van der Waals surface area contributed by atoms with E-state index in [-0.39, 0.29) is 0 Å². The summed E-state index contributed by atoms with van der Waals surface area (Å²) >= 11 is 6.05. The minimum Gasteiger partial charge on any atom is -0.464 e. The van der Waals surface area contributed by atoms with Gasteiger partial charge < -0.3 is 9.84 Å². The van der Waals surface area contributed by atoms with Crippen molar-refractivity contribution in [1.82, 2.24) is 9.78 Å². The number of halogens is 1. The molecule has 17 heavy (non-hydrogen) atoms. The predicted molar refractivity (Wildman–Crippen MR) is 65.1 cm³/mol. The van der Waals surface area contributed by atoms with Gasteiger partial charge in [-0.05, 0) is 30.7 Å². The molecule has 4 nitrogen and oxygen atoms in total. The molecule has 1 aromatic carbocycles. The maximum atomic E-state index is 9.11. The molecule has 2 aromatic rings. The smallest absolute Gasteiger partial charge is 0.194 e. The Balaban J connectivity index is 2.13. The van der Waals surface area contributed by atoms with Crippen LogP contribution >= 0.6 is 11.6 Å². The number of aliphatic hydroxyl groups excluding tert-OH is 1. The Hall–Kier alpha value is -1.52. The molecule has 1 atom stereocenters. The molecule has 0 aliphatic carbocycles. The number of aromatic nitrogens is 2. The van der Waals surface area contributed by atoms with Crippen LogP contribution in [0.4, 0.5) is 0 Å². The summed E-state index contributed by atoms with van der Waals surface area (Å²) < 4.78 is 6.94. The highest BCUT2D eigenvalue weighted by atomic mass is 35.5. The molecule has 0 saturated heterocycles. The van der Waals surface area contributed by atoms with Gasteiger partial charge in [0.15, 0.2) is 6.29 Å². The van der Waals surface area contributed by atoms with E-state index in [4.69, 9.17) is 21.4 Å². The molecule has 0 fully saturated rings. The first-order valence-electron chi connectivity index (χ1n) is 5.26. The van der Waals surface area contributed by atoms with Gasteiger partial charge in [0.05, 0.1) is 11.6 Å². The fraction of sp³-hybridized carbons (Fsp3) is 0.250. The van der Waals surface area contributed by atoms with Gasteiger partial charge >= 0.3 is 0 Å². The van der Waals surface area contributed by atoms with Crippen molar-refractivity contribution in [2.45, 2.75) is 19.8 Å². The molecule has 0 bridgehead atoms. The van der Waals surface area contributed by atoms with Crippen LogP contribution in [0.25, 0.3) is 0 Å². The van der Waals surface area contributed by atoms with E-state index >= 15 is 0 Å². The van der Waals surface area contributed by atoms with Gasteiger partial charge in [-0.25, -0.2) is 0 Å². The number of benzene rings is 1. The van der Waals surface area contributed by atoms with Crippen LogP contribution in [0, 0.1) is 0 Å². The van der Waals surface area contributed by atoms with E-state index < -0.39 is 6.29 Å². The van der Waals surface area contributed by atoms with Crippen molar-refractivity contribution in [3.05, 3.63) is 47.2 Å². The third-order valence-electron chi connectivity index (χ3n) is 2.20. The Bertz CT molecular complexity index is 483. The maximum absolute atomic E-state index is 9.11. The van der Waals surface area contributed by atoms with E-state index in [1.807, 2.05) is 18.3 Å². The summed E-state index contributed by atoms with van der Waals surface area (Å²) in [5.41, 5.74) is 1.02. The lowest BCUT2D eigenvalue weighted by Gasteiger charge is -2.11. The Kier molecular flexibility index (Phi) is 3.66. The van der Waals surface area contributed by atoms with Gasteiger partial charge in [0.2, 0.25) is 0 Å². The molecule has 1 unspecified atom stereocenters. The summed E-state index contributed by atoms with van der Waals surface area (Å²) in [4.78, 5) is 0. The SMILES string of the molecule is CC(O)Oc1ccc(Cn2cccn2)cc1Cl. The van der Waals surface area contributed by atoms with Crippen molar-refractivity contribution in [2.24, 2.45) is 0 Å². The number of aliphatic hydroxyl groups is 1. The van der Waals surface area contributed by atoms with Crippen LogP contribution in [0.5, 0.6) is 5.75 Å². The Morgan fingerprint density at radius 1 is 1.53 bits per heavy atom. The first-order valence-corrected chi connectivity index (χ1v) is 5.63. The van der Waals surface area contributed by atoms with E-state index in [0.717, 1.165) is 5.56 Å². The molecule has 0 amide bonds. The molecule has 0 radical (unpaired) electrons. The van der Waals surface area contributed by atoms with Crippen LogP contribution in [0.3, 0.4) is 0 Å². The lowest BCUT2D eigenvalue weighted by atomic mass is 10.2. The number of hydrogen-bond donors (Lipinski definition) is 1. The lowest BCUT2D eigenvalue weighted by molar-refractivity contribution is -0.000237. The van der Waals surface area contributed by atoms with Crippen LogP contribution in [0.15, 0.2) is 36.7 Å². The van der Waals surface area contributed by atoms with Crippen molar-refractivity contribution in [3.63, 3.8) is 0 Å². The van der Waals surface area contributed by atoms with Crippen LogP contribution in [0.2, 0.25) is 5.02 Å². The third-order valence-corrected chi connectivity index (χ3v) is 2.49. The molecule has 5 heteroatoms. The van der Waals surface area contributed by atoms with Crippen molar-refractivity contribution in [3.8, 4) is 5.75 Å². The summed E-state index contributed by atoms with van der Waals surface area (Å²) in [6.45, 7) is 2.19. The van der Waals surface area contributed by atoms with E-state index in [0.29, 0.717) is 17.3 Å². The predicted octanol–water partition coefficient (Wildman–Crippen LogP) is 2.30. The highest BCUT2D eigenvalue weighted by Crippen LogP contribution is 2.26. The van der Waals surface area contributed by atoms with Gasteiger partial charge in [0.25, 0.3) is 0 Å². The Morgan fingerprint density at radius 2 is 2.35 bits per heavy atom. The molecule has 1 N–H and O–H groups in total. The van der Waals surface area contributed by atoms with E-state index in [9.17, 15) is 0 Å². The van der Waals surface area contributed by atoms with Gasteiger partial charge in [0, 0.05) is 12.4 Å². The van der Waals surface area contributed by atoms with Gasteiger partial charge in [-0.1, -0.05) is 17.7 Å². The molecule has 90 valence electrons. The monoisotopic (exact) mass is 252 g/mol. The molecule has 1 heterocycles. The topological polar surface area (TPSA) is 47.3 Å². The van der Waals surface area contributed by atoms with Crippen molar-refractivity contribution < 1.29 is 9.84 Å². The second-order valence-corrected chi connectivity index (χ2v) is 4.09. The maximum Gasteiger partial charge on any atom is 0.194 e. The largest absolute Gasteiger partial charge is 0.464 e. The van der Waals surface area contributed by atoms with Gasteiger partial charge in [0.1, 0.15) is 5.75 Å². The van der Waals surface area contributed by atoms with Crippen LogP contribution in [0.1, 0.15) is 12.5 Å². The van der Waals surface area contributed by atoms with E-state index in [1.165, 1.54) is 6.92 Å². The minimum absolute atomic E-state index is 0.478. The summed E-state index contributed by atoms with van der Waals surface area (Å²) in [7, 11) is 0. The highest BCUT2D eigenvalue weighted by molar-refractivity contribution is 6.32. The summed E-state index contributed by atoms with van der Waals surface area (Å²) in [6.07, 6.45) is 2.74. The zero-order valence-corrected chi connectivity index (χ0v) is 10.1. The molecule has 2 rings (SSSR count). The second kappa shape index (κ2) is 5.21. The summed E-state index contributed by atoms with van der Waals surface area (Å²) in [5.74, 6) is 0.478. The van der Waals surface area contributed by atoms with Gasteiger partial charge in [-0.3, -0.25) is 4.68 Å². The molecule has 0 spiro atoms. The van der Waals surface area contributed by atoms with Crippen LogP contribution in [-0.4, -0.2) is 21.2 Å². The average molecular weight is 253 g/mol. The number of rotatable bonds is 4. The molecular weight excluding hydrogens is 240 g/mol. The first kappa shape index (κ1) is 12.0. The molecule has 0 aliphatic heterocycles. The standard InChI is InChI=1S/C12H13ClN2O2/c1-9(16)17-12-4-3-10(7-11(12)13)8-15-6-2-5-14-15/h2-7,9,16H,8H2,1H3. The van der Waals surface area contributed by atoms with Gasteiger partial charge in [-0.2, -0.15) is 5.10 Å². The fourth-order valence-electron chi connectivity index (χ4n) is 1.50. The minimum atomic E-state index is -0.871. The zero-order valence-electron chi connectivity index (χ0n) is 9.38. The van der Waals surface area contributed by atoms with Crippen molar-refractivity contribution in [1.29, 1.82) is 0 Å². The first-order chi connectivity index (χ1) is 8.15. The quantitative estimate of drug-likeness (QED) is 0.850. The fourth-order valence-corrected chi connectivity index (χ4v) is 1.75. The third kappa shape index (κ3) is 3.22. The molecule has 1 aromatic heterocycles. The zero-order chi connectivity index (χ0) is 12.3. The Morgan fingerprint density at radius 3 is 2.94 bits per heavy atom. The second-order valence-electron chi connectivity index (χ2n) is 3.69. The highest BCUT2D eigenvalue weighted by Gasteiger charge is 2.06. The summed E-state index contributed by atoms with van der Waals surface area (Å²) in [5, 5.41) is 13.7. The van der Waals surface area contributed by atoms with Crippen LogP contribution in [-0.2, 0) is 6.54 Å². The number of ether oxygens (including phenoxy) is 1. The van der Waals surface area contributed by atoms with Crippen LogP contribution < -0.4 is 4.74 Å². The number of hydrogen-bond acceptors (Lipinski definition) is 3. The number of nitrogens with zero attached hydrogens (tertiary/aromatic N) is 2. The van der Waals surface area contributed by atoms with E-state index in [2.05, 4.69) is 5.10 Å². The average Bonchev–Trinajstić information content (AvgIpc) is 2.74. The lowest BCUT2D eigenvalue weighted by Crippen LogP contribution is -2.10. The Labute approximate surface area is 104 Å². The summed E-state index contributed by atoms with van der Waals surface area (Å²) in [6, 6.07) is 7.31. The van der Waals surface area contributed by atoms with E-state index in [1.54, 1.807) is 23.0 Å².